The SMILES string of the molecule is N#Cc1ccc(C(F)(F)F)nc1OCC1CCCC1. The van der Waals surface area contributed by atoms with Crippen molar-refractivity contribution < 1.29 is 17.9 Å². The number of hydrogen-bond donors (Lipinski definition) is 0. The van der Waals surface area contributed by atoms with E-state index in [1.54, 1.807) is 6.07 Å². The van der Waals surface area contributed by atoms with Crippen LogP contribution in [0.25, 0.3) is 0 Å². The molecular weight excluding hydrogens is 257 g/mol. The van der Waals surface area contributed by atoms with Crippen LogP contribution in [-0.2, 0) is 6.18 Å². The van der Waals surface area contributed by atoms with E-state index < -0.39 is 11.9 Å². The van der Waals surface area contributed by atoms with Crippen molar-refractivity contribution in [3.05, 3.63) is 23.4 Å². The highest BCUT2D eigenvalue weighted by Gasteiger charge is 2.33. The van der Waals surface area contributed by atoms with Crippen molar-refractivity contribution in [1.82, 2.24) is 4.98 Å². The molecule has 0 N–H and O–H groups in total. The zero-order chi connectivity index (χ0) is 13.9. The molecule has 1 aliphatic carbocycles. The summed E-state index contributed by atoms with van der Waals surface area (Å²) in [6, 6.07) is 3.68. The maximum Gasteiger partial charge on any atom is 0.433 e. The minimum absolute atomic E-state index is 0.0333. The third-order valence-corrected chi connectivity index (χ3v) is 3.20. The van der Waals surface area contributed by atoms with Gasteiger partial charge in [0.15, 0.2) is 0 Å². The van der Waals surface area contributed by atoms with E-state index >= 15 is 0 Å². The second kappa shape index (κ2) is 5.47. The van der Waals surface area contributed by atoms with Gasteiger partial charge < -0.3 is 4.74 Å². The maximum atomic E-state index is 12.5. The highest BCUT2D eigenvalue weighted by atomic mass is 19.4. The van der Waals surface area contributed by atoms with Crippen LogP contribution in [0.2, 0.25) is 0 Å². The molecule has 0 atom stereocenters. The second-order valence-electron chi connectivity index (χ2n) is 4.62. The Morgan fingerprint density at radius 3 is 2.58 bits per heavy atom. The van der Waals surface area contributed by atoms with Gasteiger partial charge in [0.05, 0.1) is 6.61 Å². The fourth-order valence-corrected chi connectivity index (χ4v) is 2.17. The van der Waals surface area contributed by atoms with E-state index in [1.165, 1.54) is 0 Å². The Balaban J connectivity index is 2.14. The van der Waals surface area contributed by atoms with E-state index in [1.807, 2.05) is 0 Å². The lowest BCUT2D eigenvalue weighted by Crippen LogP contribution is -2.13. The highest BCUT2D eigenvalue weighted by Crippen LogP contribution is 2.31. The molecule has 1 aliphatic rings. The summed E-state index contributed by atoms with van der Waals surface area (Å²) in [5.41, 5.74) is -1.00. The van der Waals surface area contributed by atoms with Gasteiger partial charge in [0.25, 0.3) is 0 Å². The molecule has 1 aromatic heterocycles. The average molecular weight is 270 g/mol. The Hall–Kier alpha value is -1.77. The van der Waals surface area contributed by atoms with Gasteiger partial charge in [0.2, 0.25) is 5.88 Å². The van der Waals surface area contributed by atoms with Gasteiger partial charge >= 0.3 is 6.18 Å². The summed E-state index contributed by atoms with van der Waals surface area (Å²) < 4.78 is 42.9. The van der Waals surface area contributed by atoms with Crippen molar-refractivity contribution in [1.29, 1.82) is 5.26 Å². The molecule has 3 nitrogen and oxygen atoms in total. The molecular formula is C13H13F3N2O. The molecule has 19 heavy (non-hydrogen) atoms. The topological polar surface area (TPSA) is 45.9 Å². The van der Waals surface area contributed by atoms with Crippen molar-refractivity contribution in [3.63, 3.8) is 0 Å². The van der Waals surface area contributed by atoms with Crippen LogP contribution in [0.15, 0.2) is 12.1 Å². The Labute approximate surface area is 109 Å². The van der Waals surface area contributed by atoms with Crippen molar-refractivity contribution in [2.45, 2.75) is 31.9 Å². The Kier molecular flexibility index (Phi) is 3.93. The predicted molar refractivity (Wildman–Crippen MR) is 61.4 cm³/mol. The van der Waals surface area contributed by atoms with Gasteiger partial charge in [-0.05, 0) is 30.9 Å². The molecule has 0 saturated heterocycles. The summed E-state index contributed by atoms with van der Waals surface area (Å²) >= 11 is 0. The molecule has 0 aliphatic heterocycles. The van der Waals surface area contributed by atoms with Gasteiger partial charge in [-0.1, -0.05) is 12.8 Å². The van der Waals surface area contributed by atoms with Gasteiger partial charge in [0.1, 0.15) is 17.3 Å². The second-order valence-corrected chi connectivity index (χ2v) is 4.62. The Morgan fingerprint density at radius 1 is 1.32 bits per heavy atom. The number of halogens is 3. The van der Waals surface area contributed by atoms with E-state index in [0.29, 0.717) is 12.5 Å². The lowest BCUT2D eigenvalue weighted by Gasteiger charge is -2.13. The number of pyridine rings is 1. The first-order valence-electron chi connectivity index (χ1n) is 6.12. The van der Waals surface area contributed by atoms with E-state index in [-0.39, 0.29) is 11.4 Å². The molecule has 6 heteroatoms. The van der Waals surface area contributed by atoms with Gasteiger partial charge in [0, 0.05) is 0 Å². The van der Waals surface area contributed by atoms with Crippen LogP contribution < -0.4 is 4.74 Å². The van der Waals surface area contributed by atoms with Gasteiger partial charge in [-0.25, -0.2) is 4.98 Å². The molecule has 1 saturated carbocycles. The smallest absolute Gasteiger partial charge is 0.433 e. The predicted octanol–water partition coefficient (Wildman–Crippen LogP) is 3.54. The summed E-state index contributed by atoms with van der Waals surface area (Å²) in [6.07, 6.45) is -0.258. The summed E-state index contributed by atoms with van der Waals surface area (Å²) in [7, 11) is 0. The van der Waals surface area contributed by atoms with Crippen molar-refractivity contribution in [2.24, 2.45) is 5.92 Å². The zero-order valence-electron chi connectivity index (χ0n) is 10.2. The minimum Gasteiger partial charge on any atom is -0.476 e. The van der Waals surface area contributed by atoms with Crippen LogP contribution in [0.3, 0.4) is 0 Å². The Morgan fingerprint density at radius 2 is 2.00 bits per heavy atom. The molecule has 0 bridgehead atoms. The molecule has 0 aromatic carbocycles. The van der Waals surface area contributed by atoms with Crippen LogP contribution in [0.5, 0.6) is 5.88 Å². The van der Waals surface area contributed by atoms with Crippen molar-refractivity contribution in [3.8, 4) is 11.9 Å². The molecule has 1 fully saturated rings. The standard InChI is InChI=1S/C13H13F3N2O/c14-13(15,16)11-6-5-10(7-17)12(18-11)19-8-9-3-1-2-4-9/h5-6,9H,1-4,8H2. The number of rotatable bonds is 3. The number of nitrogens with zero attached hydrogens (tertiary/aromatic N) is 2. The Bertz CT molecular complexity index is 488. The number of hydrogen-bond acceptors (Lipinski definition) is 3. The molecule has 0 radical (unpaired) electrons. The third-order valence-electron chi connectivity index (χ3n) is 3.20. The van der Waals surface area contributed by atoms with Crippen molar-refractivity contribution >= 4 is 0 Å². The van der Waals surface area contributed by atoms with E-state index in [4.69, 9.17) is 10.00 Å². The number of nitriles is 1. The van der Waals surface area contributed by atoms with Crippen molar-refractivity contribution in [2.75, 3.05) is 6.61 Å². The molecule has 0 amide bonds. The lowest BCUT2D eigenvalue weighted by molar-refractivity contribution is -0.141. The highest BCUT2D eigenvalue weighted by molar-refractivity contribution is 5.39. The molecule has 0 spiro atoms. The van der Waals surface area contributed by atoms with Crippen LogP contribution in [0, 0.1) is 17.2 Å². The normalized spacial score (nSPS) is 16.3. The zero-order valence-corrected chi connectivity index (χ0v) is 10.2. The fraction of sp³-hybridized carbons (Fsp3) is 0.538. The molecule has 0 unspecified atom stereocenters. The quantitative estimate of drug-likeness (QED) is 0.843. The number of alkyl halides is 3. The fourth-order valence-electron chi connectivity index (χ4n) is 2.17. The number of ether oxygens (including phenoxy) is 1. The molecule has 1 aromatic rings. The first kappa shape index (κ1) is 13.7. The van der Waals surface area contributed by atoms with Crippen LogP contribution >= 0.6 is 0 Å². The summed E-state index contributed by atoms with van der Waals surface area (Å²) in [6.45, 7) is 0.322. The monoisotopic (exact) mass is 270 g/mol. The molecule has 102 valence electrons. The van der Waals surface area contributed by atoms with Crippen LogP contribution in [0.1, 0.15) is 36.9 Å². The summed E-state index contributed by atoms with van der Waals surface area (Å²) in [5.74, 6) is 0.132. The lowest BCUT2D eigenvalue weighted by atomic mass is 10.1. The average Bonchev–Trinajstić information content (AvgIpc) is 2.88. The summed E-state index contributed by atoms with van der Waals surface area (Å²) in [5, 5.41) is 8.85. The summed E-state index contributed by atoms with van der Waals surface area (Å²) in [4.78, 5) is 3.41. The molecule has 1 heterocycles. The largest absolute Gasteiger partial charge is 0.476 e. The van der Waals surface area contributed by atoms with Gasteiger partial charge in [-0.2, -0.15) is 18.4 Å². The third kappa shape index (κ3) is 3.37. The molecule has 2 rings (SSSR count). The van der Waals surface area contributed by atoms with E-state index in [2.05, 4.69) is 4.98 Å². The van der Waals surface area contributed by atoms with Gasteiger partial charge in [-0.15, -0.1) is 0 Å². The maximum absolute atomic E-state index is 12.5. The van der Waals surface area contributed by atoms with E-state index in [9.17, 15) is 13.2 Å². The first-order valence-corrected chi connectivity index (χ1v) is 6.12. The van der Waals surface area contributed by atoms with Gasteiger partial charge in [-0.3, -0.25) is 0 Å². The van der Waals surface area contributed by atoms with Crippen LogP contribution in [0.4, 0.5) is 13.2 Å². The minimum atomic E-state index is -4.53. The first-order chi connectivity index (χ1) is 9.00. The van der Waals surface area contributed by atoms with Crippen LogP contribution in [-0.4, -0.2) is 11.6 Å². The van der Waals surface area contributed by atoms with E-state index in [0.717, 1.165) is 37.8 Å². The number of aromatic nitrogens is 1.